The van der Waals surface area contributed by atoms with Crippen molar-refractivity contribution in [1.29, 1.82) is 0 Å². The van der Waals surface area contributed by atoms with Gasteiger partial charge in [-0.15, -0.1) is 0 Å². The van der Waals surface area contributed by atoms with E-state index in [1.54, 1.807) is 31.2 Å². The van der Waals surface area contributed by atoms with Crippen LogP contribution in [-0.4, -0.2) is 28.9 Å². The number of rotatable bonds is 6. The first-order chi connectivity index (χ1) is 12.6. The summed E-state index contributed by atoms with van der Waals surface area (Å²) in [5.41, 5.74) is -0.211. The molecule has 7 nitrogen and oxygen atoms in total. The van der Waals surface area contributed by atoms with Gasteiger partial charge in [0.05, 0.1) is 5.56 Å². The fourth-order valence-electron chi connectivity index (χ4n) is 3.39. The smallest absolute Gasteiger partial charge is 0.258 e. The summed E-state index contributed by atoms with van der Waals surface area (Å²) in [5.74, 6) is 1.13. The molecule has 1 amide bonds. The van der Waals surface area contributed by atoms with Gasteiger partial charge in [0.1, 0.15) is 11.3 Å². The molecular weight excluding hydrogens is 334 g/mol. The Hall–Kier alpha value is -2.70. The van der Waals surface area contributed by atoms with Gasteiger partial charge in [0, 0.05) is 6.92 Å². The number of aromatic nitrogens is 2. The fraction of sp³-hybridized carbons (Fsp3) is 0.474. The van der Waals surface area contributed by atoms with E-state index in [-0.39, 0.29) is 12.5 Å². The summed E-state index contributed by atoms with van der Waals surface area (Å²) in [6.45, 7) is 1.56. The fourth-order valence-corrected chi connectivity index (χ4v) is 3.39. The molecule has 26 heavy (non-hydrogen) atoms. The molecule has 3 rings (SSSR count). The van der Waals surface area contributed by atoms with Crippen LogP contribution in [0.5, 0.6) is 5.75 Å². The van der Waals surface area contributed by atoms with Gasteiger partial charge in [-0.25, -0.2) is 0 Å². The third-order valence-corrected chi connectivity index (χ3v) is 4.70. The second kappa shape index (κ2) is 8.12. The molecule has 1 aliphatic rings. The minimum absolute atomic E-state index is 0.177. The summed E-state index contributed by atoms with van der Waals surface area (Å²) in [5, 5.41) is 7.14. The maximum Gasteiger partial charge on any atom is 0.258 e. The highest BCUT2D eigenvalue weighted by atomic mass is 16.5. The molecule has 0 bridgehead atoms. The Morgan fingerprint density at radius 1 is 1.27 bits per heavy atom. The van der Waals surface area contributed by atoms with Crippen molar-refractivity contribution in [3.8, 4) is 5.75 Å². The normalized spacial score (nSPS) is 16.5. The van der Waals surface area contributed by atoms with Crippen LogP contribution in [-0.2, 0) is 10.3 Å². The lowest BCUT2D eigenvalue weighted by Crippen LogP contribution is -2.48. The van der Waals surface area contributed by atoms with E-state index in [2.05, 4.69) is 15.5 Å². The zero-order valence-corrected chi connectivity index (χ0v) is 14.9. The van der Waals surface area contributed by atoms with E-state index in [0.717, 1.165) is 38.5 Å². The second-order valence-corrected chi connectivity index (χ2v) is 6.63. The third kappa shape index (κ3) is 4.09. The SMILES string of the molecule is Cc1nc(C2(NC(=O)COc3ccccc3C=O)CCCCCC2)no1. The molecule has 1 N–H and O–H groups in total. The summed E-state index contributed by atoms with van der Waals surface area (Å²) in [6, 6.07) is 6.82. The van der Waals surface area contributed by atoms with E-state index in [0.29, 0.717) is 29.3 Å². The minimum atomic E-state index is -0.626. The molecule has 2 aromatic rings. The lowest BCUT2D eigenvalue weighted by molar-refractivity contribution is -0.125. The number of hydrogen-bond donors (Lipinski definition) is 1. The molecule has 1 heterocycles. The zero-order valence-electron chi connectivity index (χ0n) is 14.9. The molecule has 0 saturated heterocycles. The zero-order chi connectivity index (χ0) is 18.4. The van der Waals surface area contributed by atoms with Crippen LogP contribution >= 0.6 is 0 Å². The van der Waals surface area contributed by atoms with Crippen LogP contribution in [0.2, 0.25) is 0 Å². The summed E-state index contributed by atoms with van der Waals surface area (Å²) in [4.78, 5) is 28.0. The number of hydrogen-bond acceptors (Lipinski definition) is 6. The van der Waals surface area contributed by atoms with Crippen molar-refractivity contribution in [3.05, 3.63) is 41.5 Å². The molecule has 1 fully saturated rings. The standard InChI is InChI=1S/C19H23N3O4/c1-14-20-18(22-26-14)19(10-6-2-3-7-11-19)21-17(24)13-25-16-9-5-4-8-15(16)12-23/h4-5,8-9,12H,2-3,6-7,10-11,13H2,1H3,(H,21,24). The molecule has 1 aliphatic carbocycles. The van der Waals surface area contributed by atoms with E-state index >= 15 is 0 Å². The number of nitrogens with zero attached hydrogens (tertiary/aromatic N) is 2. The van der Waals surface area contributed by atoms with Crippen LogP contribution in [0.15, 0.2) is 28.8 Å². The highest BCUT2D eigenvalue weighted by Gasteiger charge is 2.38. The van der Waals surface area contributed by atoms with Crippen molar-refractivity contribution in [1.82, 2.24) is 15.5 Å². The van der Waals surface area contributed by atoms with Crippen LogP contribution in [0, 0.1) is 6.92 Å². The molecular formula is C19H23N3O4. The van der Waals surface area contributed by atoms with E-state index in [4.69, 9.17) is 9.26 Å². The third-order valence-electron chi connectivity index (χ3n) is 4.70. The molecule has 138 valence electrons. The molecule has 1 aromatic carbocycles. The van der Waals surface area contributed by atoms with Crippen molar-refractivity contribution in [3.63, 3.8) is 0 Å². The van der Waals surface area contributed by atoms with Crippen LogP contribution in [0.25, 0.3) is 0 Å². The van der Waals surface area contributed by atoms with Crippen LogP contribution < -0.4 is 10.1 Å². The van der Waals surface area contributed by atoms with E-state index in [1.165, 1.54) is 0 Å². The quantitative estimate of drug-likeness (QED) is 0.631. The first kappa shape index (κ1) is 18.1. The maximum absolute atomic E-state index is 12.6. The van der Waals surface area contributed by atoms with Crippen molar-refractivity contribution in [2.75, 3.05) is 6.61 Å². The molecule has 0 unspecified atom stereocenters. The highest BCUT2D eigenvalue weighted by molar-refractivity contribution is 5.81. The Morgan fingerprint density at radius 2 is 2.00 bits per heavy atom. The topological polar surface area (TPSA) is 94.3 Å². The van der Waals surface area contributed by atoms with Crippen LogP contribution in [0.3, 0.4) is 0 Å². The van der Waals surface area contributed by atoms with Crippen LogP contribution in [0.1, 0.15) is 60.6 Å². The molecule has 1 aromatic heterocycles. The first-order valence-corrected chi connectivity index (χ1v) is 8.92. The Morgan fingerprint density at radius 3 is 2.65 bits per heavy atom. The molecule has 7 heteroatoms. The van der Waals surface area contributed by atoms with Gasteiger partial charge in [0.2, 0.25) is 5.89 Å². The number of aldehydes is 1. The van der Waals surface area contributed by atoms with Gasteiger partial charge < -0.3 is 14.6 Å². The molecule has 0 spiro atoms. The number of amides is 1. The Bertz CT molecular complexity index is 764. The van der Waals surface area contributed by atoms with E-state index < -0.39 is 5.54 Å². The molecule has 0 aliphatic heterocycles. The summed E-state index contributed by atoms with van der Waals surface area (Å²) in [6.07, 6.45) is 6.47. The van der Waals surface area contributed by atoms with E-state index in [1.807, 2.05) is 0 Å². The number of nitrogens with one attached hydrogen (secondary N) is 1. The minimum Gasteiger partial charge on any atom is -0.483 e. The largest absolute Gasteiger partial charge is 0.483 e. The first-order valence-electron chi connectivity index (χ1n) is 8.92. The number of aryl methyl sites for hydroxylation is 1. The van der Waals surface area contributed by atoms with Gasteiger partial charge in [-0.1, -0.05) is 43.0 Å². The predicted molar refractivity (Wildman–Crippen MR) is 93.9 cm³/mol. The van der Waals surface area contributed by atoms with E-state index in [9.17, 15) is 9.59 Å². The van der Waals surface area contributed by atoms with Crippen LogP contribution in [0.4, 0.5) is 0 Å². The second-order valence-electron chi connectivity index (χ2n) is 6.63. The average Bonchev–Trinajstić information content (AvgIpc) is 2.96. The van der Waals surface area contributed by atoms with Crippen molar-refractivity contribution < 1.29 is 18.8 Å². The number of carbonyl (C=O) groups is 2. The highest BCUT2D eigenvalue weighted by Crippen LogP contribution is 2.34. The number of para-hydroxylation sites is 1. The van der Waals surface area contributed by atoms with Gasteiger partial charge in [0.15, 0.2) is 18.7 Å². The molecule has 0 atom stereocenters. The Kier molecular flexibility index (Phi) is 5.65. The molecule has 1 saturated carbocycles. The Labute approximate surface area is 152 Å². The van der Waals surface area contributed by atoms with Gasteiger partial charge in [-0.2, -0.15) is 4.98 Å². The average molecular weight is 357 g/mol. The summed E-state index contributed by atoms with van der Waals surface area (Å²) >= 11 is 0. The van der Waals surface area contributed by atoms with Crippen molar-refractivity contribution in [2.45, 2.75) is 51.0 Å². The summed E-state index contributed by atoms with van der Waals surface area (Å²) in [7, 11) is 0. The predicted octanol–water partition coefficient (Wildman–Crippen LogP) is 2.94. The number of ether oxygens (including phenoxy) is 1. The van der Waals surface area contributed by atoms with Gasteiger partial charge in [0.25, 0.3) is 5.91 Å². The molecule has 0 radical (unpaired) electrons. The van der Waals surface area contributed by atoms with Crippen molar-refractivity contribution >= 4 is 12.2 Å². The number of benzene rings is 1. The van der Waals surface area contributed by atoms with Crippen molar-refractivity contribution in [2.24, 2.45) is 0 Å². The lowest BCUT2D eigenvalue weighted by Gasteiger charge is -2.30. The van der Waals surface area contributed by atoms with Gasteiger partial charge in [-0.05, 0) is 25.0 Å². The monoisotopic (exact) mass is 357 g/mol. The maximum atomic E-state index is 12.6. The summed E-state index contributed by atoms with van der Waals surface area (Å²) < 4.78 is 10.7. The number of carbonyl (C=O) groups excluding carboxylic acids is 2. The Balaban J connectivity index is 1.72. The lowest BCUT2D eigenvalue weighted by atomic mass is 9.89. The van der Waals surface area contributed by atoms with Gasteiger partial charge >= 0.3 is 0 Å². The van der Waals surface area contributed by atoms with Gasteiger partial charge in [-0.3, -0.25) is 9.59 Å².